The summed E-state index contributed by atoms with van der Waals surface area (Å²) in [5.74, 6) is 0.615. The summed E-state index contributed by atoms with van der Waals surface area (Å²) in [5, 5.41) is 15.4. The van der Waals surface area contributed by atoms with Gasteiger partial charge in [-0.05, 0) is 35.9 Å². The van der Waals surface area contributed by atoms with Gasteiger partial charge in [0.05, 0.1) is 17.5 Å². The van der Waals surface area contributed by atoms with E-state index in [1.165, 1.54) is 0 Å². The lowest BCUT2D eigenvalue weighted by molar-refractivity contribution is -0.742. The van der Waals surface area contributed by atoms with Crippen molar-refractivity contribution in [1.29, 1.82) is 0 Å². The molecule has 10 heteroatoms. The quantitative estimate of drug-likeness (QED) is 0.312. The van der Waals surface area contributed by atoms with Gasteiger partial charge in [-0.3, -0.25) is 0 Å². The molecule has 2 aromatic carbocycles. The molecule has 0 amide bonds. The van der Waals surface area contributed by atoms with Gasteiger partial charge in [0, 0.05) is 28.0 Å². The van der Waals surface area contributed by atoms with Crippen LogP contribution in [0.25, 0.3) is 12.0 Å². The molecule has 0 spiro atoms. The molecule has 3 rings (SSSR count). The smallest absolute Gasteiger partial charge is 0.291 e. The minimum Gasteiger partial charge on any atom is -0.487 e. The van der Waals surface area contributed by atoms with Crippen LogP contribution in [0.4, 0.5) is 0 Å². The van der Waals surface area contributed by atoms with Gasteiger partial charge in [0.1, 0.15) is 12.4 Å². The highest BCUT2D eigenvalue weighted by atomic mass is 35.5. The third-order valence-electron chi connectivity index (χ3n) is 3.30. The molecule has 0 unspecified atom stereocenters. The molecule has 0 atom stereocenters. The molecule has 0 radical (unpaired) electrons. The molecular formula is C18H14Cl3N3O4. The van der Waals surface area contributed by atoms with Gasteiger partial charge in [-0.2, -0.15) is 0 Å². The molecule has 0 saturated heterocycles. The van der Waals surface area contributed by atoms with Gasteiger partial charge in [0.15, 0.2) is 0 Å². The van der Waals surface area contributed by atoms with E-state index in [4.69, 9.17) is 54.9 Å². The Hall–Kier alpha value is -2.74. The van der Waals surface area contributed by atoms with Crippen molar-refractivity contribution in [2.75, 3.05) is 0 Å². The Kier molecular flexibility index (Phi) is 8.13. The Morgan fingerprint density at radius 1 is 1.18 bits per heavy atom. The van der Waals surface area contributed by atoms with Gasteiger partial charge >= 0.3 is 0 Å². The van der Waals surface area contributed by atoms with E-state index in [1.54, 1.807) is 29.2 Å². The minimum atomic E-state index is -1.50. The lowest BCUT2D eigenvalue weighted by Crippen LogP contribution is -1.97. The average Bonchev–Trinajstić information content (AvgIpc) is 3.13. The maximum Gasteiger partial charge on any atom is 0.291 e. The largest absolute Gasteiger partial charge is 0.487 e. The zero-order valence-corrected chi connectivity index (χ0v) is 16.5. The standard InChI is InChI=1S/C18H13Cl3N2O.HNO3/c19-14-3-1-13(2-4-14)11-24-18(10-23-8-7-22-12-23)16-6-5-15(20)9-17(16)21;2-1(3)4/h1-10,12H,11H2;(H,2,3,4). The number of nitrogens with zero attached hydrogens (tertiary/aromatic N) is 3. The van der Waals surface area contributed by atoms with Crippen LogP contribution in [-0.4, -0.2) is 19.8 Å². The molecular weight excluding hydrogens is 429 g/mol. The lowest BCUT2D eigenvalue weighted by atomic mass is 10.2. The predicted molar refractivity (Wildman–Crippen MR) is 108 cm³/mol. The SMILES string of the molecule is Clc1ccc(COC(=Cn2ccnc2)c2ccc(Cl)cc2Cl)cc1.O=[N+]([O-])O. The van der Waals surface area contributed by atoms with E-state index in [0.717, 1.165) is 11.1 Å². The Balaban J connectivity index is 0.000000640. The fraction of sp³-hybridized carbons (Fsp3) is 0.0556. The van der Waals surface area contributed by atoms with Gasteiger partial charge in [0.25, 0.3) is 5.09 Å². The maximum absolute atomic E-state index is 8.36. The van der Waals surface area contributed by atoms with E-state index in [-0.39, 0.29) is 0 Å². The van der Waals surface area contributed by atoms with E-state index in [2.05, 4.69) is 4.98 Å². The first kappa shape index (κ1) is 21.6. The first-order chi connectivity index (χ1) is 13.3. The number of hydrogen-bond acceptors (Lipinski definition) is 4. The summed E-state index contributed by atoms with van der Waals surface area (Å²) in [5.41, 5.74) is 1.75. The third kappa shape index (κ3) is 7.11. The summed E-state index contributed by atoms with van der Waals surface area (Å²) in [6, 6.07) is 12.8. The monoisotopic (exact) mass is 441 g/mol. The zero-order valence-electron chi connectivity index (χ0n) is 14.2. The van der Waals surface area contributed by atoms with Crippen molar-refractivity contribution in [3.63, 3.8) is 0 Å². The normalized spacial score (nSPS) is 10.8. The Morgan fingerprint density at radius 3 is 2.39 bits per heavy atom. The first-order valence-corrected chi connectivity index (χ1v) is 8.83. The highest BCUT2D eigenvalue weighted by molar-refractivity contribution is 6.35. The minimum absolute atomic E-state index is 0.386. The number of halogens is 3. The first-order valence-electron chi connectivity index (χ1n) is 7.70. The molecule has 7 nitrogen and oxygen atoms in total. The van der Waals surface area contributed by atoms with Crippen molar-refractivity contribution in [3.05, 3.63) is 97.5 Å². The summed E-state index contributed by atoms with van der Waals surface area (Å²) < 4.78 is 7.78. The van der Waals surface area contributed by atoms with Gasteiger partial charge in [-0.25, -0.2) is 4.98 Å². The van der Waals surface area contributed by atoms with Crippen LogP contribution in [-0.2, 0) is 11.3 Å². The third-order valence-corrected chi connectivity index (χ3v) is 4.10. The van der Waals surface area contributed by atoms with Crippen LogP contribution in [0.15, 0.2) is 61.2 Å². The highest BCUT2D eigenvalue weighted by Crippen LogP contribution is 2.29. The Bertz CT molecular complexity index is 941. The average molecular weight is 443 g/mol. The zero-order chi connectivity index (χ0) is 20.5. The molecule has 3 aromatic rings. The van der Waals surface area contributed by atoms with E-state index in [9.17, 15) is 0 Å². The second-order valence-electron chi connectivity index (χ2n) is 5.28. The van der Waals surface area contributed by atoms with Gasteiger partial charge < -0.3 is 14.5 Å². The summed E-state index contributed by atoms with van der Waals surface area (Å²) in [4.78, 5) is 12.4. The second kappa shape index (κ2) is 10.6. The molecule has 1 N–H and O–H groups in total. The summed E-state index contributed by atoms with van der Waals surface area (Å²) in [7, 11) is 0. The molecule has 0 aliphatic rings. The van der Waals surface area contributed by atoms with E-state index in [1.807, 2.05) is 42.7 Å². The summed E-state index contributed by atoms with van der Waals surface area (Å²) >= 11 is 18.2. The van der Waals surface area contributed by atoms with Crippen molar-refractivity contribution >= 4 is 46.8 Å². The number of imidazole rings is 1. The number of aromatic nitrogens is 2. The van der Waals surface area contributed by atoms with Crippen molar-refractivity contribution < 1.29 is 15.0 Å². The predicted octanol–water partition coefficient (Wildman–Crippen LogP) is 5.67. The van der Waals surface area contributed by atoms with Crippen LogP contribution in [0.5, 0.6) is 0 Å². The second-order valence-corrected chi connectivity index (χ2v) is 6.56. The lowest BCUT2D eigenvalue weighted by Gasteiger charge is -2.13. The van der Waals surface area contributed by atoms with Crippen molar-refractivity contribution in [2.45, 2.75) is 6.61 Å². The fourth-order valence-corrected chi connectivity index (χ4v) is 2.72. The highest BCUT2D eigenvalue weighted by Gasteiger charge is 2.10. The van der Waals surface area contributed by atoms with Crippen LogP contribution < -0.4 is 0 Å². The fourth-order valence-electron chi connectivity index (χ4n) is 2.10. The van der Waals surface area contributed by atoms with Crippen LogP contribution in [0.3, 0.4) is 0 Å². The van der Waals surface area contributed by atoms with E-state index in [0.29, 0.717) is 27.4 Å². The van der Waals surface area contributed by atoms with Crippen molar-refractivity contribution in [1.82, 2.24) is 9.55 Å². The molecule has 0 aliphatic heterocycles. The van der Waals surface area contributed by atoms with Gasteiger partial charge in [-0.15, -0.1) is 10.1 Å². The van der Waals surface area contributed by atoms with E-state index >= 15 is 0 Å². The number of hydrogen-bond donors (Lipinski definition) is 1. The van der Waals surface area contributed by atoms with Crippen LogP contribution in [0, 0.1) is 10.1 Å². The molecule has 146 valence electrons. The molecule has 1 heterocycles. The van der Waals surface area contributed by atoms with Gasteiger partial charge in [-0.1, -0.05) is 46.9 Å². The van der Waals surface area contributed by atoms with Gasteiger partial charge in [0.2, 0.25) is 0 Å². The Labute approximate surface area is 175 Å². The molecule has 0 saturated carbocycles. The number of benzene rings is 2. The summed E-state index contributed by atoms with van der Waals surface area (Å²) in [6.07, 6.45) is 7.00. The van der Waals surface area contributed by atoms with E-state index < -0.39 is 5.09 Å². The topological polar surface area (TPSA) is 90.4 Å². The van der Waals surface area contributed by atoms with Crippen molar-refractivity contribution in [3.8, 4) is 0 Å². The maximum atomic E-state index is 8.36. The molecule has 0 bridgehead atoms. The number of rotatable bonds is 5. The van der Waals surface area contributed by atoms with Crippen LogP contribution in [0.1, 0.15) is 11.1 Å². The van der Waals surface area contributed by atoms with Crippen LogP contribution in [0.2, 0.25) is 15.1 Å². The Morgan fingerprint density at radius 2 is 1.82 bits per heavy atom. The molecule has 0 aliphatic carbocycles. The number of ether oxygens (including phenoxy) is 1. The molecule has 0 fully saturated rings. The van der Waals surface area contributed by atoms with Crippen LogP contribution >= 0.6 is 34.8 Å². The molecule has 28 heavy (non-hydrogen) atoms. The van der Waals surface area contributed by atoms with Crippen molar-refractivity contribution in [2.24, 2.45) is 0 Å². The molecule has 1 aromatic heterocycles. The summed E-state index contributed by atoms with van der Waals surface area (Å²) in [6.45, 7) is 0.386.